The van der Waals surface area contributed by atoms with Crippen LogP contribution in [0.15, 0.2) is 84.9 Å². The van der Waals surface area contributed by atoms with Crippen LogP contribution < -0.4 is 18.9 Å². The van der Waals surface area contributed by atoms with Crippen molar-refractivity contribution in [3.63, 3.8) is 0 Å². The number of ether oxygens (including phenoxy) is 5. The summed E-state index contributed by atoms with van der Waals surface area (Å²) in [4.78, 5) is 16.8. The molecule has 10 rings (SSSR count). The van der Waals surface area contributed by atoms with Gasteiger partial charge in [-0.1, -0.05) is 74.5 Å². The number of nitrogens with zero attached hydrogens (tertiary/aromatic N) is 2. The third-order valence-corrected chi connectivity index (χ3v) is 17.7. The molecule has 0 radical (unpaired) electrons. The van der Waals surface area contributed by atoms with Crippen molar-refractivity contribution in [3.05, 3.63) is 118 Å². The third-order valence-electron chi connectivity index (χ3n) is 17.7. The Balaban J connectivity index is 0.000000164. The summed E-state index contributed by atoms with van der Waals surface area (Å²) in [5.41, 5.74) is 8.03. The van der Waals surface area contributed by atoms with Crippen LogP contribution in [-0.4, -0.2) is 88.1 Å². The normalized spacial score (nSPS) is 29.2. The molecular formula is C62H86N2O7. The Labute approximate surface area is 426 Å². The number of hydrogen-bond acceptors (Lipinski definition) is 9. The van der Waals surface area contributed by atoms with E-state index in [2.05, 4.69) is 102 Å². The van der Waals surface area contributed by atoms with Crippen molar-refractivity contribution in [1.82, 2.24) is 9.80 Å². The van der Waals surface area contributed by atoms with Crippen molar-refractivity contribution < 1.29 is 33.6 Å². The fourth-order valence-corrected chi connectivity index (χ4v) is 14.1. The molecule has 9 nitrogen and oxygen atoms in total. The summed E-state index contributed by atoms with van der Waals surface area (Å²) in [5, 5.41) is 11.3. The Bertz CT molecular complexity index is 2400. The summed E-state index contributed by atoms with van der Waals surface area (Å²) in [6, 6.07) is 29.5. The Morgan fingerprint density at radius 3 is 1.61 bits per heavy atom. The lowest BCUT2D eigenvalue weighted by Crippen LogP contribution is -2.44. The number of aryl methyl sites for hydroxylation is 2. The maximum absolute atomic E-state index is 12.5. The highest BCUT2D eigenvalue weighted by atomic mass is 16.5. The number of benzene rings is 4. The summed E-state index contributed by atoms with van der Waals surface area (Å²) in [6.45, 7) is 13.5. The average Bonchev–Trinajstić information content (AvgIpc) is 3.81. The van der Waals surface area contributed by atoms with Gasteiger partial charge in [0.1, 0.15) is 19.0 Å². The topological polar surface area (TPSA) is 89.9 Å². The van der Waals surface area contributed by atoms with Crippen molar-refractivity contribution in [2.45, 2.75) is 142 Å². The van der Waals surface area contributed by atoms with Crippen LogP contribution in [0.1, 0.15) is 138 Å². The maximum atomic E-state index is 12.5. The van der Waals surface area contributed by atoms with Crippen LogP contribution in [0, 0.1) is 40.4 Å². The first kappa shape index (κ1) is 52.9. The Kier molecular flexibility index (Phi) is 16.7. The molecule has 6 aliphatic carbocycles. The van der Waals surface area contributed by atoms with E-state index in [1.807, 2.05) is 55.4 Å². The number of aliphatic hydroxyl groups is 1. The predicted molar refractivity (Wildman–Crippen MR) is 285 cm³/mol. The second-order valence-corrected chi connectivity index (χ2v) is 23.9. The van der Waals surface area contributed by atoms with Crippen LogP contribution in [-0.2, 0) is 35.6 Å². The SMILES string of the molecule is CN(C)COC(C)(C)C.COc1cc2c(cc1OCc1ccccc1)CCC1C2CC[C@@]2(C)C1C[C@H](CN(C)C)[C@@H]2O.COc1cc2c(cc1OCc1ccccc1)CCC1C2CC[C@]2(C)C(=O)CCC12. The van der Waals surface area contributed by atoms with Crippen LogP contribution in [0.3, 0.4) is 0 Å². The van der Waals surface area contributed by atoms with Crippen LogP contribution in [0.2, 0.25) is 0 Å². The largest absolute Gasteiger partial charge is 0.493 e. The van der Waals surface area contributed by atoms with E-state index >= 15 is 0 Å². The number of aliphatic hydroxyl groups excluding tert-OH is 1. The van der Waals surface area contributed by atoms with Gasteiger partial charge in [-0.2, -0.15) is 0 Å². The standard InChI is InChI=1S/C29H39NO3.C26H30O3.C7H17NO/c1-29-13-12-22-23(25(29)14-21(28(29)31)17-30(2)3)11-10-20-15-27(26(32-4)16-24(20)22)33-18-19-8-6-5-7-9-19;1-26-13-12-19-20(22(26)10-11-25(26)27)9-8-18-14-24(23(28-2)15-21(18)19)29-16-17-6-4-3-5-7-17;1-7(2,3)9-6-8(4)5/h5-9,15-16,21-23,25,28,31H,10-14,17-18H2,1-4H3;3-7,14-15,19-20,22H,8-13,16H2,1-2H3;6H2,1-5H3/t21-,22?,23?,25?,28+,29+;19?,20?,22?,26-;/m10./s1. The molecule has 6 aliphatic rings. The molecule has 386 valence electrons. The van der Waals surface area contributed by atoms with E-state index in [0.717, 1.165) is 98.5 Å². The minimum absolute atomic E-state index is 0.00965. The van der Waals surface area contributed by atoms with Crippen LogP contribution in [0.4, 0.5) is 0 Å². The lowest BCUT2D eigenvalue weighted by atomic mass is 9.55. The molecule has 4 aromatic rings. The molecule has 4 aromatic carbocycles. The minimum Gasteiger partial charge on any atom is -0.493 e. The fraction of sp³-hybridized carbons (Fsp3) is 0.597. The summed E-state index contributed by atoms with van der Waals surface area (Å²) in [6.07, 6.45) is 11.8. The van der Waals surface area contributed by atoms with Gasteiger partial charge in [-0.05, 0) is 218 Å². The predicted octanol–water partition coefficient (Wildman–Crippen LogP) is 12.3. The second kappa shape index (κ2) is 22.4. The average molecular weight is 971 g/mol. The third kappa shape index (κ3) is 11.7. The van der Waals surface area contributed by atoms with E-state index in [-0.39, 0.29) is 22.5 Å². The van der Waals surface area contributed by atoms with E-state index in [9.17, 15) is 9.90 Å². The van der Waals surface area contributed by atoms with E-state index < -0.39 is 0 Å². The minimum atomic E-state index is -0.185. The van der Waals surface area contributed by atoms with Crippen molar-refractivity contribution in [2.75, 3.05) is 55.7 Å². The number of methoxy groups -OCH3 is 2. The van der Waals surface area contributed by atoms with Gasteiger partial charge < -0.3 is 33.7 Å². The van der Waals surface area contributed by atoms with Gasteiger partial charge in [0.25, 0.3) is 0 Å². The van der Waals surface area contributed by atoms with Gasteiger partial charge in [-0.25, -0.2) is 0 Å². The molecule has 0 amide bonds. The summed E-state index contributed by atoms with van der Waals surface area (Å²) in [5.74, 6) is 7.82. The molecule has 10 atom stereocenters. The van der Waals surface area contributed by atoms with Crippen molar-refractivity contribution in [1.29, 1.82) is 0 Å². The van der Waals surface area contributed by atoms with Crippen LogP contribution in [0.25, 0.3) is 0 Å². The lowest BCUT2D eigenvalue weighted by Gasteiger charge is -2.50. The van der Waals surface area contributed by atoms with Gasteiger partial charge in [-0.3, -0.25) is 9.69 Å². The number of carbonyl (C=O) groups excluding carboxylic acids is 1. The second-order valence-electron chi connectivity index (χ2n) is 23.9. The molecule has 0 spiro atoms. The monoisotopic (exact) mass is 971 g/mol. The number of Topliss-reactive ketones (excluding diaryl/α,β-unsaturated/α-hetero) is 1. The molecule has 0 aromatic heterocycles. The Hall–Kier alpha value is -4.41. The zero-order valence-corrected chi connectivity index (χ0v) is 45.1. The Morgan fingerprint density at radius 1 is 0.634 bits per heavy atom. The maximum Gasteiger partial charge on any atom is 0.161 e. The quantitative estimate of drug-likeness (QED) is 0.139. The molecule has 0 aliphatic heterocycles. The molecule has 4 saturated carbocycles. The molecule has 6 unspecified atom stereocenters. The van der Waals surface area contributed by atoms with Crippen molar-refractivity contribution in [3.8, 4) is 23.0 Å². The molecule has 9 heteroatoms. The molecule has 0 bridgehead atoms. The van der Waals surface area contributed by atoms with Crippen molar-refractivity contribution >= 4 is 5.78 Å². The lowest BCUT2D eigenvalue weighted by molar-refractivity contribution is -0.129. The van der Waals surface area contributed by atoms with Gasteiger partial charge in [0.15, 0.2) is 23.0 Å². The molecule has 4 fully saturated rings. The molecule has 71 heavy (non-hydrogen) atoms. The summed E-state index contributed by atoms with van der Waals surface area (Å²) in [7, 11) is 11.7. The number of fused-ring (bicyclic) bond motifs is 10. The van der Waals surface area contributed by atoms with E-state index in [1.54, 1.807) is 14.2 Å². The van der Waals surface area contributed by atoms with Crippen molar-refractivity contribution in [2.24, 2.45) is 40.4 Å². The van der Waals surface area contributed by atoms with Gasteiger partial charge in [0.05, 0.1) is 32.7 Å². The van der Waals surface area contributed by atoms with Gasteiger partial charge in [-0.15, -0.1) is 0 Å². The van der Waals surface area contributed by atoms with Crippen LogP contribution >= 0.6 is 0 Å². The smallest absolute Gasteiger partial charge is 0.161 e. The first-order chi connectivity index (χ1) is 33.9. The molecule has 0 heterocycles. The highest BCUT2D eigenvalue weighted by Gasteiger charge is 2.58. The molecular weight excluding hydrogens is 885 g/mol. The fourth-order valence-electron chi connectivity index (χ4n) is 14.1. The number of rotatable bonds is 12. The zero-order valence-electron chi connectivity index (χ0n) is 45.1. The number of hydrogen-bond donors (Lipinski definition) is 1. The number of carbonyl (C=O) groups is 1. The summed E-state index contributed by atoms with van der Waals surface area (Å²) < 4.78 is 29.3. The van der Waals surface area contributed by atoms with Crippen LogP contribution in [0.5, 0.6) is 23.0 Å². The first-order valence-corrected chi connectivity index (χ1v) is 26.8. The highest BCUT2D eigenvalue weighted by molar-refractivity contribution is 5.87. The van der Waals surface area contributed by atoms with E-state index in [0.29, 0.717) is 67.2 Å². The molecule has 1 N–H and O–H groups in total. The van der Waals surface area contributed by atoms with Gasteiger partial charge in [0, 0.05) is 18.4 Å². The zero-order chi connectivity index (χ0) is 50.7. The molecule has 0 saturated heterocycles. The highest BCUT2D eigenvalue weighted by Crippen LogP contribution is 2.63. The Morgan fingerprint density at radius 2 is 1.14 bits per heavy atom. The summed E-state index contributed by atoms with van der Waals surface area (Å²) >= 11 is 0. The van der Waals surface area contributed by atoms with Gasteiger partial charge >= 0.3 is 0 Å². The van der Waals surface area contributed by atoms with Gasteiger partial charge in [0.2, 0.25) is 0 Å². The van der Waals surface area contributed by atoms with E-state index in [1.165, 1.54) is 35.1 Å². The number of ketones is 1. The van der Waals surface area contributed by atoms with E-state index in [4.69, 9.17) is 23.7 Å². The first-order valence-electron chi connectivity index (χ1n) is 26.8.